The van der Waals surface area contributed by atoms with E-state index < -0.39 is 0 Å². The van der Waals surface area contributed by atoms with Gasteiger partial charge in [0.2, 0.25) is 0 Å². The van der Waals surface area contributed by atoms with Crippen LogP contribution in [-0.2, 0) is 4.74 Å². The summed E-state index contributed by atoms with van der Waals surface area (Å²) in [6, 6.07) is 0.646. The van der Waals surface area contributed by atoms with Crippen LogP contribution in [0.2, 0.25) is 0 Å². The van der Waals surface area contributed by atoms with Crippen LogP contribution < -0.4 is 0 Å². The van der Waals surface area contributed by atoms with Crippen LogP contribution in [0.5, 0.6) is 0 Å². The largest absolute Gasteiger partial charge is 0.462 e. The minimum absolute atomic E-state index is 0.0325. The van der Waals surface area contributed by atoms with Gasteiger partial charge in [-0.05, 0) is 64.0 Å². The molecule has 3 fully saturated rings. The summed E-state index contributed by atoms with van der Waals surface area (Å²) in [5.74, 6) is 0.840. The van der Waals surface area contributed by atoms with Crippen LogP contribution in [0.1, 0.15) is 64.7 Å². The van der Waals surface area contributed by atoms with Crippen molar-refractivity contribution in [3.63, 3.8) is 0 Å². The maximum Gasteiger partial charge on any atom is 0.340 e. The zero-order chi connectivity index (χ0) is 19.1. The number of amides is 1. The Hall–Kier alpha value is -1.82. The Morgan fingerprint density at radius 2 is 2.00 bits per heavy atom. The van der Waals surface area contributed by atoms with E-state index in [1.54, 1.807) is 6.92 Å². The number of esters is 1. The molecule has 0 saturated carbocycles. The Bertz CT molecular complexity index is 741. The van der Waals surface area contributed by atoms with E-state index in [2.05, 4.69) is 9.88 Å². The lowest BCUT2D eigenvalue weighted by Crippen LogP contribution is -2.59. The molecule has 3 aliphatic rings. The number of carbonyl (C=O) groups is 2. The van der Waals surface area contributed by atoms with Gasteiger partial charge in [0.15, 0.2) is 0 Å². The molecule has 0 spiro atoms. The predicted molar refractivity (Wildman–Crippen MR) is 103 cm³/mol. The number of aromatic nitrogens is 1. The van der Waals surface area contributed by atoms with Crippen molar-refractivity contribution in [1.82, 2.24) is 14.8 Å². The highest BCUT2D eigenvalue weighted by molar-refractivity contribution is 6.00. The van der Waals surface area contributed by atoms with Crippen molar-refractivity contribution in [2.45, 2.75) is 52.5 Å². The number of carbonyl (C=O) groups excluding carboxylic acids is 2. The molecule has 6 heteroatoms. The SMILES string of the molecule is CCOC(=O)c1c(C)[nH]c(C(=O)N2C[C@@H]3C[C@H](C2)[C@@H]2CCCCN2C3)c1C. The molecule has 148 valence electrons. The first-order valence-corrected chi connectivity index (χ1v) is 10.4. The molecule has 0 unspecified atom stereocenters. The molecule has 1 N–H and O–H groups in total. The number of piperidine rings is 3. The maximum absolute atomic E-state index is 13.3. The van der Waals surface area contributed by atoms with Crippen LogP contribution in [0.4, 0.5) is 0 Å². The molecule has 3 atom stereocenters. The van der Waals surface area contributed by atoms with Gasteiger partial charge in [0, 0.05) is 31.4 Å². The molecule has 1 aromatic heterocycles. The molecule has 2 bridgehead atoms. The number of nitrogens with zero attached hydrogens (tertiary/aromatic N) is 2. The highest BCUT2D eigenvalue weighted by Crippen LogP contribution is 2.38. The average molecular weight is 373 g/mol. The molecule has 6 nitrogen and oxygen atoms in total. The quantitative estimate of drug-likeness (QED) is 0.828. The number of nitrogens with one attached hydrogen (secondary N) is 1. The standard InChI is InChI=1S/C21H31N3O3/c1-4-27-21(26)18-13(2)19(22-14(18)3)20(25)24-11-15-9-16(12-24)17-7-5-6-8-23(17)10-15/h15-17,22H,4-12H2,1-3H3/t15-,16-,17+/m1/s1. The topological polar surface area (TPSA) is 65.6 Å². The molecule has 3 saturated heterocycles. The average Bonchev–Trinajstić information content (AvgIpc) is 2.95. The Morgan fingerprint density at radius 1 is 1.19 bits per heavy atom. The summed E-state index contributed by atoms with van der Waals surface area (Å²) in [7, 11) is 0. The molecular formula is C21H31N3O3. The predicted octanol–water partition coefficient (Wildman–Crippen LogP) is 2.75. The third-order valence-corrected chi connectivity index (χ3v) is 6.69. The monoisotopic (exact) mass is 373 g/mol. The van der Waals surface area contributed by atoms with Crippen LogP contribution in [0.3, 0.4) is 0 Å². The summed E-state index contributed by atoms with van der Waals surface area (Å²) in [6.45, 7) is 9.82. The summed E-state index contributed by atoms with van der Waals surface area (Å²) in [5.41, 5.74) is 2.49. The van der Waals surface area contributed by atoms with E-state index >= 15 is 0 Å². The summed E-state index contributed by atoms with van der Waals surface area (Å²) in [4.78, 5) is 33.4. The van der Waals surface area contributed by atoms with Crippen molar-refractivity contribution in [2.75, 3.05) is 32.8 Å². The number of hydrogen-bond donors (Lipinski definition) is 1. The Kier molecular flexibility index (Phi) is 5.01. The first-order chi connectivity index (χ1) is 13.0. The Morgan fingerprint density at radius 3 is 2.78 bits per heavy atom. The lowest BCUT2D eigenvalue weighted by Gasteiger charge is -2.52. The lowest BCUT2D eigenvalue weighted by atomic mass is 9.76. The van der Waals surface area contributed by atoms with Crippen molar-refractivity contribution >= 4 is 11.9 Å². The minimum atomic E-state index is -0.351. The first kappa shape index (κ1) is 18.5. The van der Waals surface area contributed by atoms with E-state index in [4.69, 9.17) is 4.74 Å². The zero-order valence-corrected chi connectivity index (χ0v) is 16.7. The molecule has 4 rings (SSSR count). The summed E-state index contributed by atoms with van der Waals surface area (Å²) < 4.78 is 5.16. The van der Waals surface area contributed by atoms with Crippen LogP contribution in [-0.4, -0.2) is 65.5 Å². The molecule has 4 heterocycles. The van der Waals surface area contributed by atoms with Crippen LogP contribution >= 0.6 is 0 Å². The molecule has 0 aromatic carbocycles. The number of aromatic amines is 1. The number of aryl methyl sites for hydroxylation is 1. The van der Waals surface area contributed by atoms with Crippen molar-refractivity contribution in [1.29, 1.82) is 0 Å². The first-order valence-electron chi connectivity index (χ1n) is 10.4. The van der Waals surface area contributed by atoms with Gasteiger partial charge in [0.05, 0.1) is 12.2 Å². The number of likely N-dealkylation sites (tertiary alicyclic amines) is 1. The second kappa shape index (κ2) is 7.30. The molecule has 27 heavy (non-hydrogen) atoms. The normalized spacial score (nSPS) is 28.0. The smallest absolute Gasteiger partial charge is 0.340 e. The van der Waals surface area contributed by atoms with E-state index in [1.807, 2.05) is 18.7 Å². The molecule has 0 aliphatic carbocycles. The van der Waals surface area contributed by atoms with Crippen molar-refractivity contribution in [3.8, 4) is 0 Å². The van der Waals surface area contributed by atoms with Gasteiger partial charge in [0.25, 0.3) is 5.91 Å². The molecule has 1 aromatic rings. The van der Waals surface area contributed by atoms with Gasteiger partial charge in [-0.2, -0.15) is 0 Å². The Labute approximate surface area is 161 Å². The lowest BCUT2D eigenvalue weighted by molar-refractivity contribution is -0.0244. The summed E-state index contributed by atoms with van der Waals surface area (Å²) in [6.07, 6.45) is 5.15. The van der Waals surface area contributed by atoms with Crippen LogP contribution in [0.25, 0.3) is 0 Å². The fourth-order valence-electron chi connectivity index (χ4n) is 5.56. The maximum atomic E-state index is 13.3. The fraction of sp³-hybridized carbons (Fsp3) is 0.714. The van der Waals surface area contributed by atoms with E-state index in [9.17, 15) is 9.59 Å². The van der Waals surface area contributed by atoms with Gasteiger partial charge in [-0.25, -0.2) is 4.79 Å². The van der Waals surface area contributed by atoms with Gasteiger partial charge >= 0.3 is 5.97 Å². The molecule has 3 aliphatic heterocycles. The third kappa shape index (κ3) is 3.28. The molecule has 0 radical (unpaired) electrons. The van der Waals surface area contributed by atoms with Gasteiger partial charge in [-0.1, -0.05) is 6.42 Å². The van der Waals surface area contributed by atoms with E-state index in [0.717, 1.165) is 19.6 Å². The highest BCUT2D eigenvalue weighted by atomic mass is 16.5. The van der Waals surface area contributed by atoms with E-state index in [0.29, 0.717) is 47.0 Å². The second-order valence-corrected chi connectivity index (χ2v) is 8.48. The number of hydrogen-bond acceptors (Lipinski definition) is 4. The van der Waals surface area contributed by atoms with E-state index in [1.165, 1.54) is 32.2 Å². The van der Waals surface area contributed by atoms with Gasteiger partial charge < -0.3 is 14.6 Å². The number of fused-ring (bicyclic) bond motifs is 4. The molecular weight excluding hydrogens is 342 g/mol. The number of ether oxygens (including phenoxy) is 1. The molecule has 1 amide bonds. The fourth-order valence-corrected chi connectivity index (χ4v) is 5.56. The van der Waals surface area contributed by atoms with Crippen molar-refractivity contribution in [3.05, 3.63) is 22.5 Å². The van der Waals surface area contributed by atoms with Gasteiger partial charge in [-0.3, -0.25) is 9.69 Å². The van der Waals surface area contributed by atoms with E-state index in [-0.39, 0.29) is 11.9 Å². The summed E-state index contributed by atoms with van der Waals surface area (Å²) >= 11 is 0. The van der Waals surface area contributed by atoms with Crippen molar-refractivity contribution < 1.29 is 14.3 Å². The number of rotatable bonds is 3. The minimum Gasteiger partial charge on any atom is -0.462 e. The third-order valence-electron chi connectivity index (χ3n) is 6.69. The number of H-pyrrole nitrogens is 1. The zero-order valence-electron chi connectivity index (χ0n) is 16.7. The van der Waals surface area contributed by atoms with Gasteiger partial charge in [-0.15, -0.1) is 0 Å². The Balaban J connectivity index is 1.54. The van der Waals surface area contributed by atoms with Gasteiger partial charge in [0.1, 0.15) is 5.69 Å². The second-order valence-electron chi connectivity index (χ2n) is 8.48. The van der Waals surface area contributed by atoms with Crippen LogP contribution in [0.15, 0.2) is 0 Å². The van der Waals surface area contributed by atoms with Crippen LogP contribution in [0, 0.1) is 25.7 Å². The summed E-state index contributed by atoms with van der Waals surface area (Å²) in [5, 5.41) is 0. The van der Waals surface area contributed by atoms with Crippen molar-refractivity contribution in [2.24, 2.45) is 11.8 Å². The highest BCUT2D eigenvalue weighted by Gasteiger charge is 2.43.